The van der Waals surface area contributed by atoms with E-state index in [-0.39, 0.29) is 33.2 Å². The molecule has 4 nitrogen and oxygen atoms in total. The van der Waals surface area contributed by atoms with E-state index >= 15 is 0 Å². The van der Waals surface area contributed by atoms with Crippen LogP contribution < -0.4 is 10.6 Å². The van der Waals surface area contributed by atoms with Crippen molar-refractivity contribution in [1.29, 1.82) is 0 Å². The lowest BCUT2D eigenvalue weighted by atomic mass is 10.1. The van der Waals surface area contributed by atoms with Crippen molar-refractivity contribution in [2.45, 2.75) is 0 Å². The highest BCUT2D eigenvalue weighted by Crippen LogP contribution is 2.26. The lowest BCUT2D eigenvalue weighted by Gasteiger charge is -2.19. The molecule has 0 atom stereocenters. The molecule has 0 fully saturated rings. The van der Waals surface area contributed by atoms with Crippen molar-refractivity contribution < 1.29 is 9.59 Å². The second-order valence-electron chi connectivity index (χ2n) is 3.27. The Morgan fingerprint density at radius 3 is 1.39 bits per heavy atom. The van der Waals surface area contributed by atoms with Crippen LogP contribution in [0.5, 0.6) is 0 Å². The number of hydrogen-bond acceptors (Lipinski definition) is 4. The van der Waals surface area contributed by atoms with E-state index in [9.17, 15) is 9.59 Å². The van der Waals surface area contributed by atoms with Crippen molar-refractivity contribution in [3.8, 4) is 0 Å². The van der Waals surface area contributed by atoms with Gasteiger partial charge in [-0.25, -0.2) is 0 Å². The highest BCUT2D eigenvalue weighted by molar-refractivity contribution is 6.55. The Bertz CT molecular complexity index is 392. The van der Waals surface area contributed by atoms with E-state index in [0.29, 0.717) is 13.1 Å². The average Bonchev–Trinajstić information content (AvgIpc) is 2.37. The largest absolute Gasteiger partial charge is 0.379 e. The molecule has 18 heavy (non-hydrogen) atoms. The molecular formula is C10H10Cl4N2O2. The molecule has 0 aliphatic heterocycles. The summed E-state index contributed by atoms with van der Waals surface area (Å²) in [5, 5.41) is 4.96. The standard InChI is InChI=1S/C10H10Cl4N2O2/c11-1-3-15-7-5(13)10(18)8(16-4-2-12)6(14)9(7)17/h15-16H,1-4H2. The molecule has 2 N–H and O–H groups in total. The van der Waals surface area contributed by atoms with Gasteiger partial charge >= 0.3 is 0 Å². The van der Waals surface area contributed by atoms with Crippen molar-refractivity contribution >= 4 is 58.0 Å². The third kappa shape index (κ3) is 3.32. The fourth-order valence-corrected chi connectivity index (χ4v) is 1.99. The molecule has 0 heterocycles. The molecule has 0 saturated carbocycles. The number of alkyl halides is 2. The molecule has 100 valence electrons. The topological polar surface area (TPSA) is 58.2 Å². The van der Waals surface area contributed by atoms with Gasteiger partial charge in [0.05, 0.1) is 0 Å². The number of Topliss-reactive ketones (excluding diaryl/α,β-unsaturated/α-hetero) is 2. The minimum Gasteiger partial charge on any atom is -0.379 e. The summed E-state index contributed by atoms with van der Waals surface area (Å²) in [6.45, 7) is 0.613. The van der Waals surface area contributed by atoms with Crippen LogP contribution in [-0.4, -0.2) is 36.4 Å². The Balaban J connectivity index is 2.99. The smallest absolute Gasteiger partial charge is 0.224 e. The zero-order valence-electron chi connectivity index (χ0n) is 9.16. The lowest BCUT2D eigenvalue weighted by Crippen LogP contribution is -2.34. The van der Waals surface area contributed by atoms with E-state index < -0.39 is 11.6 Å². The summed E-state index contributed by atoms with van der Waals surface area (Å²) in [5.41, 5.74) is -0.0486. The summed E-state index contributed by atoms with van der Waals surface area (Å²) in [4.78, 5) is 23.8. The van der Waals surface area contributed by atoms with Crippen LogP contribution in [0.2, 0.25) is 0 Å². The molecule has 0 radical (unpaired) electrons. The van der Waals surface area contributed by atoms with Crippen LogP contribution in [0.4, 0.5) is 0 Å². The van der Waals surface area contributed by atoms with Gasteiger partial charge in [-0.3, -0.25) is 9.59 Å². The monoisotopic (exact) mass is 330 g/mol. The third-order valence-electron chi connectivity index (χ3n) is 2.08. The summed E-state index contributed by atoms with van der Waals surface area (Å²) >= 11 is 22.7. The Labute approximate surface area is 124 Å². The molecule has 0 unspecified atom stereocenters. The summed E-state index contributed by atoms with van der Waals surface area (Å²) < 4.78 is 0. The number of carbonyl (C=O) groups excluding carboxylic acids is 2. The maximum atomic E-state index is 11.9. The number of nitrogens with one attached hydrogen (secondary N) is 2. The van der Waals surface area contributed by atoms with E-state index in [1.54, 1.807) is 0 Å². The van der Waals surface area contributed by atoms with E-state index in [1.165, 1.54) is 0 Å². The van der Waals surface area contributed by atoms with Crippen molar-refractivity contribution in [3.63, 3.8) is 0 Å². The first-order chi connectivity index (χ1) is 8.54. The predicted octanol–water partition coefficient (Wildman–Crippen LogP) is 1.70. The first kappa shape index (κ1) is 15.6. The van der Waals surface area contributed by atoms with Crippen molar-refractivity contribution in [2.24, 2.45) is 0 Å². The summed E-state index contributed by atoms with van der Waals surface area (Å²) in [5.74, 6) is -0.534. The van der Waals surface area contributed by atoms with E-state index in [0.717, 1.165) is 0 Å². The highest BCUT2D eigenvalue weighted by Gasteiger charge is 2.32. The zero-order valence-corrected chi connectivity index (χ0v) is 12.2. The van der Waals surface area contributed by atoms with E-state index in [2.05, 4.69) is 10.6 Å². The van der Waals surface area contributed by atoms with Crippen LogP contribution in [0.15, 0.2) is 21.5 Å². The van der Waals surface area contributed by atoms with E-state index in [4.69, 9.17) is 46.4 Å². The van der Waals surface area contributed by atoms with Crippen molar-refractivity contribution in [3.05, 3.63) is 21.5 Å². The number of rotatable bonds is 6. The van der Waals surface area contributed by atoms with Crippen LogP contribution in [0.25, 0.3) is 0 Å². The van der Waals surface area contributed by atoms with Gasteiger partial charge in [-0.2, -0.15) is 0 Å². The van der Waals surface area contributed by atoms with Gasteiger partial charge in [-0.05, 0) is 0 Å². The van der Waals surface area contributed by atoms with Gasteiger partial charge in [0.25, 0.3) is 0 Å². The third-order valence-corrected chi connectivity index (χ3v) is 3.18. The minimum absolute atomic E-state index is 0.0243. The Morgan fingerprint density at radius 2 is 1.11 bits per heavy atom. The normalized spacial score (nSPS) is 16.4. The molecule has 1 aliphatic carbocycles. The summed E-state index contributed by atoms with van der Waals surface area (Å²) in [6, 6.07) is 0. The molecule has 0 aromatic carbocycles. The quantitative estimate of drug-likeness (QED) is 0.574. The minimum atomic E-state index is -0.538. The van der Waals surface area contributed by atoms with Crippen LogP contribution in [0.3, 0.4) is 0 Å². The van der Waals surface area contributed by atoms with Crippen molar-refractivity contribution in [2.75, 3.05) is 24.8 Å². The van der Waals surface area contributed by atoms with Gasteiger partial charge < -0.3 is 10.6 Å². The molecule has 0 aromatic rings. The lowest BCUT2D eigenvalue weighted by molar-refractivity contribution is -0.116. The Morgan fingerprint density at radius 1 is 0.778 bits per heavy atom. The number of ketones is 2. The Hall–Kier alpha value is -0.420. The van der Waals surface area contributed by atoms with Gasteiger partial charge in [0.15, 0.2) is 0 Å². The molecule has 8 heteroatoms. The fraction of sp³-hybridized carbons (Fsp3) is 0.400. The van der Waals surface area contributed by atoms with Crippen LogP contribution in [-0.2, 0) is 9.59 Å². The van der Waals surface area contributed by atoms with Crippen LogP contribution >= 0.6 is 46.4 Å². The maximum Gasteiger partial charge on any atom is 0.224 e. The highest BCUT2D eigenvalue weighted by atomic mass is 35.5. The molecule has 0 aromatic heterocycles. The average molecular weight is 332 g/mol. The molecule has 0 spiro atoms. The van der Waals surface area contributed by atoms with Crippen LogP contribution in [0, 0.1) is 0 Å². The van der Waals surface area contributed by atoms with Gasteiger partial charge in [-0.1, -0.05) is 23.2 Å². The molecule has 0 amide bonds. The molecule has 0 saturated heterocycles. The fourth-order valence-electron chi connectivity index (χ4n) is 1.31. The first-order valence-electron chi connectivity index (χ1n) is 5.03. The first-order valence-corrected chi connectivity index (χ1v) is 6.85. The molecule has 1 aliphatic rings. The summed E-state index contributed by atoms with van der Waals surface area (Å²) in [6.07, 6.45) is 0. The van der Waals surface area contributed by atoms with Crippen molar-refractivity contribution in [1.82, 2.24) is 10.6 Å². The van der Waals surface area contributed by atoms with Crippen LogP contribution in [0.1, 0.15) is 0 Å². The van der Waals surface area contributed by atoms with Gasteiger partial charge in [0.1, 0.15) is 21.5 Å². The van der Waals surface area contributed by atoms with E-state index in [1.807, 2.05) is 0 Å². The number of allylic oxidation sites excluding steroid dienone is 2. The molecule has 1 rings (SSSR count). The SMILES string of the molecule is O=C1C(Cl)=C(NCCCl)C(=O)C(Cl)=C1NCCCl. The number of carbonyl (C=O) groups is 2. The zero-order chi connectivity index (χ0) is 13.7. The second-order valence-corrected chi connectivity index (χ2v) is 4.78. The van der Waals surface area contributed by atoms with Gasteiger partial charge in [0, 0.05) is 24.8 Å². The Kier molecular flexibility index (Phi) is 6.29. The predicted molar refractivity (Wildman–Crippen MR) is 73.2 cm³/mol. The van der Waals surface area contributed by atoms with Gasteiger partial charge in [-0.15, -0.1) is 23.2 Å². The number of halogens is 4. The second kappa shape index (κ2) is 7.24. The maximum absolute atomic E-state index is 11.9. The molecular weight excluding hydrogens is 322 g/mol. The molecule has 0 bridgehead atoms. The number of hydrogen-bond donors (Lipinski definition) is 2. The summed E-state index contributed by atoms with van der Waals surface area (Å²) in [7, 11) is 0. The van der Waals surface area contributed by atoms with Gasteiger partial charge in [0.2, 0.25) is 11.6 Å².